The Labute approximate surface area is 74.2 Å². The van der Waals surface area contributed by atoms with Gasteiger partial charge in [0, 0.05) is 12.8 Å². The van der Waals surface area contributed by atoms with Crippen LogP contribution in [0.5, 0.6) is 0 Å². The molecule has 1 rings (SSSR count). The minimum atomic E-state index is 0.443. The van der Waals surface area contributed by atoms with Gasteiger partial charge in [0.25, 0.3) is 0 Å². The molecular weight excluding hydrogens is 148 g/mol. The van der Waals surface area contributed by atoms with E-state index in [-0.39, 0.29) is 0 Å². The SMILES string of the molecule is C=C/C=C\CC1CCCC(=O)C1. The molecule has 0 aromatic heterocycles. The van der Waals surface area contributed by atoms with Crippen molar-refractivity contribution in [1.29, 1.82) is 0 Å². The summed E-state index contributed by atoms with van der Waals surface area (Å²) in [5.74, 6) is 1.04. The van der Waals surface area contributed by atoms with Gasteiger partial charge in [-0.2, -0.15) is 0 Å². The predicted octanol–water partition coefficient (Wildman–Crippen LogP) is 2.88. The van der Waals surface area contributed by atoms with Gasteiger partial charge in [0.05, 0.1) is 0 Å². The van der Waals surface area contributed by atoms with Crippen molar-refractivity contribution < 1.29 is 4.79 Å². The largest absolute Gasteiger partial charge is 0.300 e. The molecule has 0 heterocycles. The van der Waals surface area contributed by atoms with Gasteiger partial charge >= 0.3 is 0 Å². The van der Waals surface area contributed by atoms with Crippen LogP contribution in [0.1, 0.15) is 32.1 Å². The molecule has 0 bridgehead atoms. The van der Waals surface area contributed by atoms with Crippen molar-refractivity contribution in [3.8, 4) is 0 Å². The minimum Gasteiger partial charge on any atom is -0.300 e. The fraction of sp³-hybridized carbons (Fsp3) is 0.545. The second kappa shape index (κ2) is 4.91. The molecule has 0 saturated heterocycles. The third kappa shape index (κ3) is 3.04. The van der Waals surface area contributed by atoms with Gasteiger partial charge in [-0.3, -0.25) is 4.79 Å². The number of rotatable bonds is 3. The normalized spacial score (nSPS) is 24.7. The number of Topliss-reactive ketones (excluding diaryl/α,β-unsaturated/α-hetero) is 1. The Balaban J connectivity index is 2.27. The van der Waals surface area contributed by atoms with E-state index >= 15 is 0 Å². The van der Waals surface area contributed by atoms with E-state index in [0.29, 0.717) is 11.7 Å². The Morgan fingerprint density at radius 2 is 2.42 bits per heavy atom. The van der Waals surface area contributed by atoms with Crippen LogP contribution >= 0.6 is 0 Å². The first-order chi connectivity index (χ1) is 5.83. The average molecular weight is 164 g/mol. The van der Waals surface area contributed by atoms with Crippen molar-refractivity contribution >= 4 is 5.78 Å². The first kappa shape index (κ1) is 9.24. The fourth-order valence-corrected chi connectivity index (χ4v) is 1.68. The van der Waals surface area contributed by atoms with E-state index in [2.05, 4.69) is 12.7 Å². The molecular formula is C11H16O. The molecule has 1 fully saturated rings. The molecule has 0 aromatic rings. The molecule has 1 atom stereocenters. The van der Waals surface area contributed by atoms with Gasteiger partial charge in [-0.15, -0.1) is 0 Å². The summed E-state index contributed by atoms with van der Waals surface area (Å²) < 4.78 is 0. The van der Waals surface area contributed by atoms with Crippen LogP contribution in [0.25, 0.3) is 0 Å². The smallest absolute Gasteiger partial charge is 0.133 e. The number of ketones is 1. The minimum absolute atomic E-state index is 0.443. The summed E-state index contributed by atoms with van der Waals surface area (Å²) in [6.45, 7) is 3.60. The van der Waals surface area contributed by atoms with Crippen molar-refractivity contribution in [1.82, 2.24) is 0 Å². The molecule has 1 aliphatic carbocycles. The highest BCUT2D eigenvalue weighted by molar-refractivity contribution is 5.79. The summed E-state index contributed by atoms with van der Waals surface area (Å²) in [5.41, 5.74) is 0. The van der Waals surface area contributed by atoms with Crippen molar-refractivity contribution in [3.63, 3.8) is 0 Å². The van der Waals surface area contributed by atoms with Crippen LogP contribution in [0.4, 0.5) is 0 Å². The molecule has 0 radical (unpaired) electrons. The Morgan fingerprint density at radius 3 is 3.08 bits per heavy atom. The van der Waals surface area contributed by atoms with E-state index in [0.717, 1.165) is 25.7 Å². The van der Waals surface area contributed by atoms with Gasteiger partial charge in [-0.1, -0.05) is 24.8 Å². The maximum atomic E-state index is 11.1. The van der Waals surface area contributed by atoms with E-state index in [4.69, 9.17) is 0 Å². The summed E-state index contributed by atoms with van der Waals surface area (Å²) in [6, 6.07) is 0. The number of allylic oxidation sites excluding steroid dienone is 3. The lowest BCUT2D eigenvalue weighted by molar-refractivity contribution is -0.121. The van der Waals surface area contributed by atoms with Crippen LogP contribution in [0.15, 0.2) is 24.8 Å². The molecule has 12 heavy (non-hydrogen) atoms. The second-order valence-electron chi connectivity index (χ2n) is 3.40. The van der Waals surface area contributed by atoms with E-state index in [9.17, 15) is 4.79 Å². The van der Waals surface area contributed by atoms with Crippen LogP contribution < -0.4 is 0 Å². The van der Waals surface area contributed by atoms with Crippen LogP contribution in [-0.2, 0) is 4.79 Å². The highest BCUT2D eigenvalue weighted by Gasteiger charge is 2.17. The fourth-order valence-electron chi connectivity index (χ4n) is 1.68. The summed E-state index contributed by atoms with van der Waals surface area (Å²) in [4.78, 5) is 11.1. The molecule has 1 nitrogen and oxygen atoms in total. The molecule has 1 heteroatoms. The highest BCUT2D eigenvalue weighted by atomic mass is 16.1. The first-order valence-corrected chi connectivity index (χ1v) is 4.62. The Hall–Kier alpha value is -0.850. The molecule has 0 amide bonds. The van der Waals surface area contributed by atoms with Crippen LogP contribution in [-0.4, -0.2) is 5.78 Å². The van der Waals surface area contributed by atoms with Gasteiger partial charge in [-0.25, -0.2) is 0 Å². The molecule has 1 aliphatic rings. The number of carbonyl (C=O) groups is 1. The van der Waals surface area contributed by atoms with Gasteiger partial charge in [0.2, 0.25) is 0 Å². The maximum Gasteiger partial charge on any atom is 0.133 e. The molecule has 0 aliphatic heterocycles. The summed E-state index contributed by atoms with van der Waals surface area (Å²) in [7, 11) is 0. The van der Waals surface area contributed by atoms with Crippen molar-refractivity contribution in [3.05, 3.63) is 24.8 Å². The predicted molar refractivity (Wildman–Crippen MR) is 50.9 cm³/mol. The van der Waals surface area contributed by atoms with Gasteiger partial charge in [0.1, 0.15) is 5.78 Å². The molecule has 1 saturated carbocycles. The van der Waals surface area contributed by atoms with Gasteiger partial charge < -0.3 is 0 Å². The standard InChI is InChI=1S/C11H16O/c1-2-3-4-6-10-7-5-8-11(12)9-10/h2-4,10H,1,5-9H2/b4-3-. The van der Waals surface area contributed by atoms with Crippen LogP contribution in [0.2, 0.25) is 0 Å². The Morgan fingerprint density at radius 1 is 1.58 bits per heavy atom. The summed E-state index contributed by atoms with van der Waals surface area (Å²) in [5, 5.41) is 0. The zero-order valence-electron chi connectivity index (χ0n) is 7.46. The molecule has 0 N–H and O–H groups in total. The van der Waals surface area contributed by atoms with E-state index in [1.807, 2.05) is 6.08 Å². The zero-order chi connectivity index (χ0) is 8.81. The van der Waals surface area contributed by atoms with E-state index in [1.165, 1.54) is 6.42 Å². The van der Waals surface area contributed by atoms with E-state index in [1.54, 1.807) is 6.08 Å². The third-order valence-corrected chi connectivity index (χ3v) is 2.33. The van der Waals surface area contributed by atoms with Crippen LogP contribution in [0.3, 0.4) is 0 Å². The number of carbonyl (C=O) groups excluding carboxylic acids is 1. The number of hydrogen-bond donors (Lipinski definition) is 0. The third-order valence-electron chi connectivity index (χ3n) is 2.33. The quantitative estimate of drug-likeness (QED) is 0.586. The monoisotopic (exact) mass is 164 g/mol. The highest BCUT2D eigenvalue weighted by Crippen LogP contribution is 2.24. The summed E-state index contributed by atoms with van der Waals surface area (Å²) >= 11 is 0. The lowest BCUT2D eigenvalue weighted by Crippen LogP contribution is -2.13. The van der Waals surface area contributed by atoms with Crippen molar-refractivity contribution in [2.24, 2.45) is 5.92 Å². The number of hydrogen-bond acceptors (Lipinski definition) is 1. The van der Waals surface area contributed by atoms with Gasteiger partial charge in [-0.05, 0) is 25.2 Å². The molecule has 0 spiro atoms. The van der Waals surface area contributed by atoms with Crippen molar-refractivity contribution in [2.45, 2.75) is 32.1 Å². The topological polar surface area (TPSA) is 17.1 Å². The lowest BCUT2D eigenvalue weighted by Gasteiger charge is -2.18. The molecule has 1 unspecified atom stereocenters. The van der Waals surface area contributed by atoms with Crippen molar-refractivity contribution in [2.75, 3.05) is 0 Å². The summed E-state index contributed by atoms with van der Waals surface area (Å²) in [6.07, 6.45) is 10.8. The average Bonchev–Trinajstić information content (AvgIpc) is 2.05. The lowest BCUT2D eigenvalue weighted by atomic mass is 9.86. The van der Waals surface area contributed by atoms with Crippen LogP contribution in [0, 0.1) is 5.92 Å². The first-order valence-electron chi connectivity index (χ1n) is 4.62. The second-order valence-corrected chi connectivity index (χ2v) is 3.40. The van der Waals surface area contributed by atoms with Gasteiger partial charge in [0.15, 0.2) is 0 Å². The Kier molecular flexibility index (Phi) is 3.78. The Bertz CT molecular complexity index is 191. The zero-order valence-corrected chi connectivity index (χ0v) is 7.46. The maximum absolute atomic E-state index is 11.1. The van der Waals surface area contributed by atoms with E-state index < -0.39 is 0 Å². The molecule has 66 valence electrons. The molecule has 0 aromatic carbocycles.